The van der Waals surface area contributed by atoms with E-state index in [1.54, 1.807) is 38.1 Å². The van der Waals surface area contributed by atoms with Gasteiger partial charge in [0.15, 0.2) is 0 Å². The molecule has 2 amide bonds. The van der Waals surface area contributed by atoms with E-state index < -0.39 is 15.8 Å². The summed E-state index contributed by atoms with van der Waals surface area (Å²) in [4.78, 5) is 28.2. The van der Waals surface area contributed by atoms with Gasteiger partial charge in [-0.15, -0.1) is 23.2 Å². The predicted molar refractivity (Wildman–Crippen MR) is 95.6 cm³/mol. The van der Waals surface area contributed by atoms with Crippen LogP contribution < -0.4 is 10.6 Å². The lowest BCUT2D eigenvalue weighted by Gasteiger charge is -2.14. The number of nitrogens with zero attached hydrogens (tertiary/aromatic N) is 3. The number of alkyl halides is 2. The predicted octanol–water partition coefficient (Wildman–Crippen LogP) is 3.00. The van der Waals surface area contributed by atoms with Crippen LogP contribution in [0.2, 0.25) is 0 Å². The highest BCUT2D eigenvalue weighted by Crippen LogP contribution is 2.64. The number of hydrogen-bond donors (Lipinski definition) is 2. The zero-order chi connectivity index (χ0) is 18.2. The smallest absolute Gasteiger partial charge is 0.249 e. The van der Waals surface area contributed by atoms with Crippen molar-refractivity contribution in [3.8, 4) is 0 Å². The Balaban J connectivity index is 1.59. The molecule has 0 bridgehead atoms. The minimum atomic E-state index is -1.01. The molecule has 0 aliphatic heterocycles. The van der Waals surface area contributed by atoms with Crippen molar-refractivity contribution in [2.45, 2.75) is 30.6 Å². The molecule has 1 aromatic heterocycles. The molecular formula is C16H17Cl2N5O2. The Bertz CT molecular complexity index is 791. The first kappa shape index (κ1) is 17.7. The molecule has 2 N–H and O–H groups in total. The maximum atomic E-state index is 12.2. The maximum Gasteiger partial charge on any atom is 0.249 e. The van der Waals surface area contributed by atoms with Gasteiger partial charge in [0.25, 0.3) is 0 Å². The van der Waals surface area contributed by atoms with E-state index in [1.165, 1.54) is 17.3 Å². The average molecular weight is 382 g/mol. The van der Waals surface area contributed by atoms with Crippen LogP contribution >= 0.6 is 23.2 Å². The second kappa shape index (κ2) is 6.31. The number of aromatic nitrogens is 3. The number of rotatable bonds is 5. The standard InChI is InChI=1S/C16H17Cl2N5O2/c1-10(23-9-19-8-20-23)13(24)21-11-3-5-12(6-4-11)22-14(25)15(2)7-16(15,17)18/h3-6,8-10H,7H2,1-2H3,(H,21,24)(H,22,25). The molecule has 1 saturated carbocycles. The number of nitrogens with one attached hydrogen (secondary N) is 2. The second-order valence-electron chi connectivity index (χ2n) is 6.29. The van der Waals surface area contributed by atoms with E-state index in [0.717, 1.165) is 0 Å². The molecule has 1 aromatic carbocycles. The number of amides is 2. The van der Waals surface area contributed by atoms with Crippen LogP contribution in [-0.2, 0) is 9.59 Å². The van der Waals surface area contributed by atoms with Gasteiger partial charge < -0.3 is 10.6 Å². The summed E-state index contributed by atoms with van der Waals surface area (Å²) in [6.07, 6.45) is 3.27. The third kappa shape index (κ3) is 3.48. The monoisotopic (exact) mass is 381 g/mol. The molecule has 0 radical (unpaired) electrons. The molecular weight excluding hydrogens is 365 g/mol. The van der Waals surface area contributed by atoms with Crippen LogP contribution in [-0.4, -0.2) is 30.9 Å². The summed E-state index contributed by atoms with van der Waals surface area (Å²) in [5, 5.41) is 9.51. The topological polar surface area (TPSA) is 88.9 Å². The quantitative estimate of drug-likeness (QED) is 0.778. The van der Waals surface area contributed by atoms with Crippen LogP contribution in [0.1, 0.15) is 26.3 Å². The summed E-state index contributed by atoms with van der Waals surface area (Å²) < 4.78 is 0.452. The van der Waals surface area contributed by atoms with E-state index in [1.807, 2.05) is 0 Å². The Kier molecular flexibility index (Phi) is 4.47. The molecule has 2 atom stereocenters. The minimum Gasteiger partial charge on any atom is -0.326 e. The van der Waals surface area contributed by atoms with Crippen molar-refractivity contribution in [3.05, 3.63) is 36.9 Å². The van der Waals surface area contributed by atoms with Crippen molar-refractivity contribution in [3.63, 3.8) is 0 Å². The minimum absolute atomic E-state index is 0.221. The van der Waals surface area contributed by atoms with E-state index in [-0.39, 0.29) is 11.8 Å². The summed E-state index contributed by atoms with van der Waals surface area (Å²) in [5.74, 6) is -0.448. The number of anilines is 2. The van der Waals surface area contributed by atoms with Crippen molar-refractivity contribution < 1.29 is 9.59 Å². The molecule has 2 unspecified atom stereocenters. The van der Waals surface area contributed by atoms with E-state index in [4.69, 9.17) is 23.2 Å². The molecule has 9 heteroatoms. The summed E-state index contributed by atoms with van der Waals surface area (Å²) >= 11 is 12.0. The van der Waals surface area contributed by atoms with Gasteiger partial charge in [-0.05, 0) is 44.5 Å². The molecule has 25 heavy (non-hydrogen) atoms. The van der Waals surface area contributed by atoms with Crippen LogP contribution in [0, 0.1) is 5.41 Å². The Morgan fingerprint density at radius 2 is 1.76 bits per heavy atom. The van der Waals surface area contributed by atoms with Crippen LogP contribution in [0.3, 0.4) is 0 Å². The van der Waals surface area contributed by atoms with Gasteiger partial charge in [0.1, 0.15) is 23.0 Å². The lowest BCUT2D eigenvalue weighted by Crippen LogP contribution is -2.26. The molecule has 7 nitrogen and oxygen atoms in total. The highest BCUT2D eigenvalue weighted by Gasteiger charge is 2.67. The normalized spacial score (nSPS) is 22.1. The lowest BCUT2D eigenvalue weighted by atomic mass is 10.1. The van der Waals surface area contributed by atoms with Crippen molar-refractivity contribution in [2.75, 3.05) is 10.6 Å². The Hall–Kier alpha value is -2.12. The van der Waals surface area contributed by atoms with E-state index >= 15 is 0 Å². The zero-order valence-electron chi connectivity index (χ0n) is 13.7. The summed E-state index contributed by atoms with van der Waals surface area (Å²) in [7, 11) is 0. The number of benzene rings is 1. The zero-order valence-corrected chi connectivity index (χ0v) is 15.2. The number of carbonyl (C=O) groups is 2. The third-order valence-corrected chi connectivity index (χ3v) is 5.48. The van der Waals surface area contributed by atoms with E-state index in [2.05, 4.69) is 20.7 Å². The van der Waals surface area contributed by atoms with Gasteiger partial charge in [0.2, 0.25) is 11.8 Å². The first-order chi connectivity index (χ1) is 11.7. The lowest BCUT2D eigenvalue weighted by molar-refractivity contribution is -0.120. The highest BCUT2D eigenvalue weighted by molar-refractivity contribution is 6.53. The van der Waals surface area contributed by atoms with Crippen molar-refractivity contribution >= 4 is 46.4 Å². The van der Waals surface area contributed by atoms with E-state index in [9.17, 15) is 9.59 Å². The van der Waals surface area contributed by atoms with Crippen LogP contribution in [0.15, 0.2) is 36.9 Å². The van der Waals surface area contributed by atoms with Crippen LogP contribution in [0.4, 0.5) is 11.4 Å². The number of hydrogen-bond acceptors (Lipinski definition) is 4. The molecule has 1 aliphatic rings. The van der Waals surface area contributed by atoms with Crippen molar-refractivity contribution in [2.24, 2.45) is 5.41 Å². The van der Waals surface area contributed by atoms with Gasteiger partial charge in [0.05, 0.1) is 5.41 Å². The fourth-order valence-electron chi connectivity index (χ4n) is 2.34. The van der Waals surface area contributed by atoms with Crippen molar-refractivity contribution in [1.82, 2.24) is 14.8 Å². The van der Waals surface area contributed by atoms with Crippen LogP contribution in [0.5, 0.6) is 0 Å². The highest BCUT2D eigenvalue weighted by atomic mass is 35.5. The summed E-state index contributed by atoms with van der Waals surface area (Å²) in [6, 6.07) is 6.31. The van der Waals surface area contributed by atoms with Gasteiger partial charge in [-0.2, -0.15) is 5.10 Å². The first-order valence-electron chi connectivity index (χ1n) is 7.67. The third-order valence-electron chi connectivity index (χ3n) is 4.38. The Labute approximate surface area is 154 Å². The molecule has 3 rings (SSSR count). The SMILES string of the molecule is CC(C(=O)Nc1ccc(NC(=O)C2(C)CC2(Cl)Cl)cc1)n1cncn1. The Morgan fingerprint density at radius 1 is 1.20 bits per heavy atom. The largest absolute Gasteiger partial charge is 0.326 e. The molecule has 2 aromatic rings. The fraction of sp³-hybridized carbons (Fsp3) is 0.375. The molecule has 1 fully saturated rings. The van der Waals surface area contributed by atoms with Crippen LogP contribution in [0.25, 0.3) is 0 Å². The first-order valence-corrected chi connectivity index (χ1v) is 8.43. The molecule has 132 valence electrons. The molecule has 0 saturated heterocycles. The maximum absolute atomic E-state index is 12.2. The van der Waals surface area contributed by atoms with Gasteiger partial charge in [-0.25, -0.2) is 9.67 Å². The molecule has 1 heterocycles. The summed E-state index contributed by atoms with van der Waals surface area (Å²) in [6.45, 7) is 3.45. The Morgan fingerprint density at radius 3 is 2.24 bits per heavy atom. The number of carbonyl (C=O) groups excluding carboxylic acids is 2. The molecule has 1 aliphatic carbocycles. The average Bonchev–Trinajstić information content (AvgIpc) is 2.96. The van der Waals surface area contributed by atoms with Gasteiger partial charge >= 0.3 is 0 Å². The number of halogens is 2. The van der Waals surface area contributed by atoms with Gasteiger partial charge in [0, 0.05) is 11.4 Å². The van der Waals surface area contributed by atoms with E-state index in [0.29, 0.717) is 17.8 Å². The summed E-state index contributed by atoms with van der Waals surface area (Å²) in [5.41, 5.74) is 0.428. The second-order valence-corrected chi connectivity index (χ2v) is 7.77. The molecule has 0 spiro atoms. The van der Waals surface area contributed by atoms with Gasteiger partial charge in [-0.3, -0.25) is 9.59 Å². The fourth-order valence-corrected chi connectivity index (χ4v) is 3.04. The van der Waals surface area contributed by atoms with Crippen molar-refractivity contribution in [1.29, 1.82) is 0 Å². The van der Waals surface area contributed by atoms with Gasteiger partial charge in [-0.1, -0.05) is 0 Å².